The largest absolute Gasteiger partial charge is 0.493 e. The van der Waals surface area contributed by atoms with Crippen LogP contribution in [-0.2, 0) is 0 Å². The van der Waals surface area contributed by atoms with Gasteiger partial charge in [-0.2, -0.15) is 0 Å². The van der Waals surface area contributed by atoms with E-state index in [0.29, 0.717) is 40.7 Å². The van der Waals surface area contributed by atoms with E-state index in [-0.39, 0.29) is 5.91 Å². The molecule has 0 heterocycles. The van der Waals surface area contributed by atoms with E-state index in [0.717, 1.165) is 12.0 Å². The Kier molecular flexibility index (Phi) is 8.40. The first-order valence-corrected chi connectivity index (χ1v) is 11.1. The maximum atomic E-state index is 12.6. The monoisotopic (exact) mass is 459 g/mol. The summed E-state index contributed by atoms with van der Waals surface area (Å²) in [6, 6.07) is 20.6. The van der Waals surface area contributed by atoms with Crippen molar-refractivity contribution in [3.05, 3.63) is 95.1 Å². The van der Waals surface area contributed by atoms with Crippen molar-refractivity contribution in [2.45, 2.75) is 27.2 Å². The molecule has 0 aliphatic rings. The van der Waals surface area contributed by atoms with Crippen LogP contribution in [-0.4, -0.2) is 24.3 Å². The van der Waals surface area contributed by atoms with Crippen molar-refractivity contribution in [1.82, 2.24) is 10.9 Å². The standard InChI is InChI=1S/C27H29N3O4/c1-18(2)16-17-34-24-11-7-6-10-23(24)27(33)30-29-25(31)20-12-14-21(15-13-20)28-26(32)22-9-5-4-8-19(22)3/h4-15,18H,16-17H2,1-3H3,(H,28,32)(H,29,31)(H,30,33). The highest BCUT2D eigenvalue weighted by Crippen LogP contribution is 2.19. The number of hydrogen-bond donors (Lipinski definition) is 3. The Morgan fingerprint density at radius 2 is 1.38 bits per heavy atom. The van der Waals surface area contributed by atoms with E-state index in [9.17, 15) is 14.4 Å². The van der Waals surface area contributed by atoms with Crippen LogP contribution in [0.25, 0.3) is 0 Å². The number of nitrogens with one attached hydrogen (secondary N) is 3. The normalized spacial score (nSPS) is 10.5. The van der Waals surface area contributed by atoms with Crippen molar-refractivity contribution in [1.29, 1.82) is 0 Å². The molecule has 0 aliphatic heterocycles. The third kappa shape index (κ3) is 6.68. The lowest BCUT2D eigenvalue weighted by molar-refractivity contribution is 0.0844. The topological polar surface area (TPSA) is 96.5 Å². The maximum absolute atomic E-state index is 12.6. The number of hydrazine groups is 1. The molecule has 7 heteroatoms. The average molecular weight is 460 g/mol. The van der Waals surface area contributed by atoms with Gasteiger partial charge in [0.25, 0.3) is 17.7 Å². The minimum atomic E-state index is -0.483. The van der Waals surface area contributed by atoms with Crippen LogP contribution in [0.2, 0.25) is 0 Å². The lowest BCUT2D eigenvalue weighted by Gasteiger charge is -2.13. The fourth-order valence-electron chi connectivity index (χ4n) is 3.17. The van der Waals surface area contributed by atoms with Gasteiger partial charge in [-0.05, 0) is 67.3 Å². The van der Waals surface area contributed by atoms with Crippen LogP contribution < -0.4 is 20.9 Å². The van der Waals surface area contributed by atoms with E-state index in [1.54, 1.807) is 60.7 Å². The SMILES string of the molecule is Cc1ccccc1C(=O)Nc1ccc(C(=O)NNC(=O)c2ccccc2OCCC(C)C)cc1. The molecular weight excluding hydrogens is 430 g/mol. The first-order chi connectivity index (χ1) is 16.3. The van der Waals surface area contributed by atoms with Gasteiger partial charge in [-0.1, -0.05) is 44.2 Å². The third-order valence-electron chi connectivity index (χ3n) is 5.17. The molecule has 0 aromatic heterocycles. The Morgan fingerprint density at radius 3 is 2.06 bits per heavy atom. The summed E-state index contributed by atoms with van der Waals surface area (Å²) in [5.41, 5.74) is 7.51. The van der Waals surface area contributed by atoms with Crippen molar-refractivity contribution in [3.8, 4) is 5.75 Å². The second kappa shape index (κ2) is 11.7. The molecule has 0 atom stereocenters. The molecule has 34 heavy (non-hydrogen) atoms. The fourth-order valence-corrected chi connectivity index (χ4v) is 3.17. The zero-order valence-corrected chi connectivity index (χ0v) is 19.6. The van der Waals surface area contributed by atoms with Gasteiger partial charge in [0.1, 0.15) is 5.75 Å². The van der Waals surface area contributed by atoms with Crippen LogP contribution in [0.1, 0.15) is 56.9 Å². The molecular formula is C27H29N3O4. The molecule has 0 spiro atoms. The molecule has 3 amide bonds. The second-order valence-corrected chi connectivity index (χ2v) is 8.28. The van der Waals surface area contributed by atoms with Crippen LogP contribution in [0.5, 0.6) is 5.75 Å². The van der Waals surface area contributed by atoms with Gasteiger partial charge in [-0.25, -0.2) is 0 Å². The average Bonchev–Trinajstić information content (AvgIpc) is 2.83. The minimum absolute atomic E-state index is 0.225. The van der Waals surface area contributed by atoms with Crippen molar-refractivity contribution >= 4 is 23.4 Å². The summed E-state index contributed by atoms with van der Waals surface area (Å²) in [7, 11) is 0. The van der Waals surface area contributed by atoms with E-state index >= 15 is 0 Å². The lowest BCUT2D eigenvalue weighted by Crippen LogP contribution is -2.41. The molecule has 0 radical (unpaired) electrons. The van der Waals surface area contributed by atoms with E-state index in [2.05, 4.69) is 30.0 Å². The highest BCUT2D eigenvalue weighted by Gasteiger charge is 2.14. The smallest absolute Gasteiger partial charge is 0.273 e. The predicted molar refractivity (Wildman–Crippen MR) is 132 cm³/mol. The lowest BCUT2D eigenvalue weighted by atomic mass is 10.1. The molecule has 0 bridgehead atoms. The van der Waals surface area contributed by atoms with Crippen LogP contribution >= 0.6 is 0 Å². The molecule has 0 aliphatic carbocycles. The van der Waals surface area contributed by atoms with E-state index in [1.165, 1.54) is 0 Å². The van der Waals surface area contributed by atoms with E-state index in [1.807, 2.05) is 19.1 Å². The number of benzene rings is 3. The number of aryl methyl sites for hydroxylation is 1. The summed E-state index contributed by atoms with van der Waals surface area (Å²) in [5, 5.41) is 2.81. The number of carbonyl (C=O) groups is 3. The summed E-state index contributed by atoms with van der Waals surface area (Å²) in [4.78, 5) is 37.5. The Morgan fingerprint density at radius 1 is 0.765 bits per heavy atom. The van der Waals surface area contributed by atoms with Crippen molar-refractivity contribution in [3.63, 3.8) is 0 Å². The highest BCUT2D eigenvalue weighted by atomic mass is 16.5. The zero-order chi connectivity index (χ0) is 24.5. The molecule has 7 nitrogen and oxygen atoms in total. The Hall–Kier alpha value is -4.13. The molecule has 3 aromatic rings. The number of rotatable bonds is 8. The number of carbonyl (C=O) groups excluding carboxylic acids is 3. The van der Waals surface area contributed by atoms with Gasteiger partial charge in [0.05, 0.1) is 12.2 Å². The highest BCUT2D eigenvalue weighted by molar-refractivity contribution is 6.05. The number of para-hydroxylation sites is 1. The van der Waals surface area contributed by atoms with Gasteiger partial charge in [-0.3, -0.25) is 25.2 Å². The van der Waals surface area contributed by atoms with Gasteiger partial charge in [0.2, 0.25) is 0 Å². The molecule has 176 valence electrons. The molecule has 0 unspecified atom stereocenters. The first kappa shape index (κ1) is 24.5. The minimum Gasteiger partial charge on any atom is -0.493 e. The molecule has 0 fully saturated rings. The van der Waals surface area contributed by atoms with E-state index < -0.39 is 11.8 Å². The van der Waals surface area contributed by atoms with Crippen molar-refractivity contribution < 1.29 is 19.1 Å². The van der Waals surface area contributed by atoms with Crippen LogP contribution in [0, 0.1) is 12.8 Å². The number of anilines is 1. The summed E-state index contributed by atoms with van der Waals surface area (Å²) < 4.78 is 5.74. The van der Waals surface area contributed by atoms with Crippen LogP contribution in [0.4, 0.5) is 5.69 Å². The zero-order valence-electron chi connectivity index (χ0n) is 19.6. The second-order valence-electron chi connectivity index (χ2n) is 8.28. The van der Waals surface area contributed by atoms with Gasteiger partial charge >= 0.3 is 0 Å². The Labute approximate surface area is 199 Å². The van der Waals surface area contributed by atoms with Gasteiger partial charge in [-0.15, -0.1) is 0 Å². The number of amides is 3. The molecule has 3 aromatic carbocycles. The fraction of sp³-hybridized carbons (Fsp3) is 0.222. The summed E-state index contributed by atoms with van der Waals surface area (Å²) in [5.74, 6) is -0.234. The molecule has 3 rings (SSSR count). The Bertz CT molecular complexity index is 1160. The number of hydrogen-bond acceptors (Lipinski definition) is 4. The van der Waals surface area contributed by atoms with E-state index in [4.69, 9.17) is 4.74 Å². The van der Waals surface area contributed by atoms with Gasteiger partial charge < -0.3 is 10.1 Å². The van der Waals surface area contributed by atoms with Gasteiger partial charge in [0.15, 0.2) is 0 Å². The molecule has 3 N–H and O–H groups in total. The third-order valence-corrected chi connectivity index (χ3v) is 5.17. The van der Waals surface area contributed by atoms with Crippen molar-refractivity contribution in [2.75, 3.05) is 11.9 Å². The maximum Gasteiger partial charge on any atom is 0.273 e. The first-order valence-electron chi connectivity index (χ1n) is 11.1. The number of ether oxygens (including phenoxy) is 1. The molecule has 0 saturated carbocycles. The predicted octanol–water partition coefficient (Wildman–Crippen LogP) is 4.75. The summed E-state index contributed by atoms with van der Waals surface area (Å²) >= 11 is 0. The summed E-state index contributed by atoms with van der Waals surface area (Å²) in [6.45, 7) is 6.57. The summed E-state index contributed by atoms with van der Waals surface area (Å²) in [6.07, 6.45) is 0.869. The molecule has 0 saturated heterocycles. The Balaban J connectivity index is 1.56. The van der Waals surface area contributed by atoms with Gasteiger partial charge in [0, 0.05) is 16.8 Å². The van der Waals surface area contributed by atoms with Crippen LogP contribution in [0.3, 0.4) is 0 Å². The van der Waals surface area contributed by atoms with Crippen molar-refractivity contribution in [2.24, 2.45) is 5.92 Å². The van der Waals surface area contributed by atoms with Crippen LogP contribution in [0.15, 0.2) is 72.8 Å². The quantitative estimate of drug-likeness (QED) is 0.424.